The van der Waals surface area contributed by atoms with E-state index in [4.69, 9.17) is 11.6 Å². The number of nitrogens with zero attached hydrogens (tertiary/aromatic N) is 3. The van der Waals surface area contributed by atoms with Crippen LogP contribution in [0, 0.1) is 5.92 Å². The molecule has 1 unspecified atom stereocenters. The van der Waals surface area contributed by atoms with Gasteiger partial charge < -0.3 is 10.2 Å². The van der Waals surface area contributed by atoms with Gasteiger partial charge in [-0.05, 0) is 52.2 Å². The van der Waals surface area contributed by atoms with Crippen molar-refractivity contribution in [1.29, 1.82) is 0 Å². The van der Waals surface area contributed by atoms with E-state index in [0.29, 0.717) is 0 Å². The first-order valence-electron chi connectivity index (χ1n) is 7.79. The van der Waals surface area contributed by atoms with Crippen LogP contribution in [0.2, 0.25) is 5.02 Å². The molecule has 0 saturated carbocycles. The highest BCUT2D eigenvalue weighted by Crippen LogP contribution is 2.23. The van der Waals surface area contributed by atoms with Gasteiger partial charge in [0.2, 0.25) is 0 Å². The van der Waals surface area contributed by atoms with Gasteiger partial charge in [-0.2, -0.15) is 5.10 Å². The Hall–Kier alpha value is -0.580. The minimum atomic E-state index is 0.760. The Morgan fingerprint density at radius 3 is 2.85 bits per heavy atom. The lowest BCUT2D eigenvalue weighted by Gasteiger charge is -2.27. The molecule has 5 heteroatoms. The van der Waals surface area contributed by atoms with Gasteiger partial charge in [-0.3, -0.25) is 4.68 Å². The number of aromatic nitrogens is 2. The Labute approximate surface area is 127 Å². The first kappa shape index (κ1) is 15.8. The molecular weight excluding hydrogens is 272 g/mol. The number of hydrogen-bond donors (Lipinski definition) is 1. The third kappa shape index (κ3) is 3.74. The summed E-state index contributed by atoms with van der Waals surface area (Å²) >= 11 is 6.47. The largest absolute Gasteiger partial charge is 0.316 e. The summed E-state index contributed by atoms with van der Waals surface area (Å²) < 4.78 is 2.05. The molecule has 0 aliphatic carbocycles. The molecule has 0 spiro atoms. The van der Waals surface area contributed by atoms with E-state index in [2.05, 4.69) is 40.9 Å². The summed E-state index contributed by atoms with van der Waals surface area (Å²) in [6.07, 6.45) is 3.53. The van der Waals surface area contributed by atoms with Crippen LogP contribution in [0.1, 0.15) is 38.1 Å². The SMILES string of the molecule is CCc1nn(CC)c(CN(C)CC2CCCNC2)c1Cl. The number of hydrogen-bond acceptors (Lipinski definition) is 3. The number of halogens is 1. The van der Waals surface area contributed by atoms with Gasteiger partial charge in [-0.1, -0.05) is 18.5 Å². The van der Waals surface area contributed by atoms with Crippen molar-refractivity contribution in [1.82, 2.24) is 20.0 Å². The summed E-state index contributed by atoms with van der Waals surface area (Å²) in [6.45, 7) is 9.44. The van der Waals surface area contributed by atoms with Crippen LogP contribution in [0.3, 0.4) is 0 Å². The molecule has 0 aromatic carbocycles. The predicted octanol–water partition coefficient (Wildman–Crippen LogP) is 2.55. The van der Waals surface area contributed by atoms with Crippen LogP contribution in [-0.4, -0.2) is 41.4 Å². The number of rotatable bonds is 6. The van der Waals surface area contributed by atoms with E-state index in [9.17, 15) is 0 Å². The number of aryl methyl sites for hydroxylation is 2. The Balaban J connectivity index is 1.99. The van der Waals surface area contributed by atoms with Crippen LogP contribution >= 0.6 is 11.6 Å². The number of piperidine rings is 1. The molecule has 0 radical (unpaired) electrons. The second-order valence-electron chi connectivity index (χ2n) is 5.79. The van der Waals surface area contributed by atoms with E-state index in [1.165, 1.54) is 19.4 Å². The summed E-state index contributed by atoms with van der Waals surface area (Å²) in [5.41, 5.74) is 2.19. The average molecular weight is 299 g/mol. The molecule has 4 nitrogen and oxygen atoms in total. The zero-order valence-corrected chi connectivity index (χ0v) is 13.7. The molecule has 20 heavy (non-hydrogen) atoms. The lowest BCUT2D eigenvalue weighted by Crippen LogP contribution is -2.36. The molecule has 114 valence electrons. The Morgan fingerprint density at radius 2 is 2.25 bits per heavy atom. The molecule has 1 aliphatic heterocycles. The fourth-order valence-corrected chi connectivity index (χ4v) is 3.34. The van der Waals surface area contributed by atoms with Crippen LogP contribution in [0.4, 0.5) is 0 Å². The molecular formula is C15H27ClN4. The molecule has 2 rings (SSSR count). The molecule has 1 aromatic rings. The molecule has 1 aliphatic rings. The molecule has 1 atom stereocenters. The van der Waals surface area contributed by atoms with Gasteiger partial charge in [0.25, 0.3) is 0 Å². The van der Waals surface area contributed by atoms with E-state index < -0.39 is 0 Å². The fourth-order valence-electron chi connectivity index (χ4n) is 3.01. The molecule has 1 N–H and O–H groups in total. The third-order valence-corrected chi connectivity index (χ3v) is 4.52. The highest BCUT2D eigenvalue weighted by atomic mass is 35.5. The van der Waals surface area contributed by atoms with Crippen molar-refractivity contribution in [2.45, 2.75) is 46.2 Å². The van der Waals surface area contributed by atoms with Crippen molar-refractivity contribution in [3.8, 4) is 0 Å². The van der Waals surface area contributed by atoms with Crippen molar-refractivity contribution in [3.63, 3.8) is 0 Å². The zero-order chi connectivity index (χ0) is 14.5. The minimum Gasteiger partial charge on any atom is -0.316 e. The van der Waals surface area contributed by atoms with Crippen molar-refractivity contribution in [2.24, 2.45) is 5.92 Å². The van der Waals surface area contributed by atoms with Crippen LogP contribution in [0.25, 0.3) is 0 Å². The van der Waals surface area contributed by atoms with Gasteiger partial charge in [-0.25, -0.2) is 0 Å². The molecule has 0 bridgehead atoms. The Bertz CT molecular complexity index is 424. The second kappa shape index (κ2) is 7.43. The molecule has 2 heterocycles. The second-order valence-corrected chi connectivity index (χ2v) is 6.16. The monoisotopic (exact) mass is 298 g/mol. The van der Waals surface area contributed by atoms with Crippen LogP contribution in [0.5, 0.6) is 0 Å². The normalized spacial score (nSPS) is 19.8. The predicted molar refractivity (Wildman–Crippen MR) is 84.2 cm³/mol. The van der Waals surface area contributed by atoms with E-state index in [1.807, 2.05) is 0 Å². The summed E-state index contributed by atoms with van der Waals surface area (Å²) in [7, 11) is 2.18. The van der Waals surface area contributed by atoms with Gasteiger partial charge in [0.15, 0.2) is 0 Å². The zero-order valence-electron chi connectivity index (χ0n) is 13.0. The van der Waals surface area contributed by atoms with Crippen LogP contribution < -0.4 is 5.32 Å². The van der Waals surface area contributed by atoms with Crippen LogP contribution in [-0.2, 0) is 19.5 Å². The maximum atomic E-state index is 6.47. The topological polar surface area (TPSA) is 33.1 Å². The highest BCUT2D eigenvalue weighted by molar-refractivity contribution is 6.31. The smallest absolute Gasteiger partial charge is 0.0863 e. The van der Waals surface area contributed by atoms with E-state index >= 15 is 0 Å². The van der Waals surface area contributed by atoms with Crippen molar-refractivity contribution >= 4 is 11.6 Å². The minimum absolute atomic E-state index is 0.760. The summed E-state index contributed by atoms with van der Waals surface area (Å²) in [5, 5.41) is 8.94. The lowest BCUT2D eigenvalue weighted by molar-refractivity contribution is 0.232. The van der Waals surface area contributed by atoms with Crippen molar-refractivity contribution < 1.29 is 0 Å². The maximum absolute atomic E-state index is 6.47. The molecule has 1 saturated heterocycles. The van der Waals surface area contributed by atoms with Gasteiger partial charge in [0.05, 0.1) is 16.4 Å². The fraction of sp³-hybridized carbons (Fsp3) is 0.800. The van der Waals surface area contributed by atoms with Gasteiger partial charge >= 0.3 is 0 Å². The van der Waals surface area contributed by atoms with Gasteiger partial charge in [0, 0.05) is 19.6 Å². The Kier molecular flexibility index (Phi) is 5.87. The highest BCUT2D eigenvalue weighted by Gasteiger charge is 2.19. The van der Waals surface area contributed by atoms with Crippen molar-refractivity contribution in [2.75, 3.05) is 26.7 Å². The van der Waals surface area contributed by atoms with Crippen molar-refractivity contribution in [3.05, 3.63) is 16.4 Å². The first-order chi connectivity index (χ1) is 9.65. The van der Waals surface area contributed by atoms with E-state index in [0.717, 1.165) is 54.9 Å². The van der Waals surface area contributed by atoms with Crippen LogP contribution in [0.15, 0.2) is 0 Å². The number of nitrogens with one attached hydrogen (secondary N) is 1. The maximum Gasteiger partial charge on any atom is 0.0863 e. The average Bonchev–Trinajstić information content (AvgIpc) is 2.76. The molecule has 1 aromatic heterocycles. The van der Waals surface area contributed by atoms with E-state index in [-0.39, 0.29) is 0 Å². The Morgan fingerprint density at radius 1 is 1.45 bits per heavy atom. The van der Waals surface area contributed by atoms with Gasteiger partial charge in [-0.15, -0.1) is 0 Å². The van der Waals surface area contributed by atoms with Gasteiger partial charge in [0.1, 0.15) is 0 Å². The summed E-state index contributed by atoms with van der Waals surface area (Å²) in [4.78, 5) is 2.38. The standard InChI is InChI=1S/C15H27ClN4/c1-4-13-15(16)14(20(5-2)18-13)11-19(3)10-12-7-6-8-17-9-12/h12,17H,4-11H2,1-3H3. The first-order valence-corrected chi connectivity index (χ1v) is 8.16. The quantitative estimate of drug-likeness (QED) is 0.876. The lowest BCUT2D eigenvalue weighted by atomic mass is 9.99. The molecule has 0 amide bonds. The third-order valence-electron chi connectivity index (χ3n) is 4.08. The molecule has 1 fully saturated rings. The van der Waals surface area contributed by atoms with E-state index in [1.54, 1.807) is 0 Å². The summed E-state index contributed by atoms with van der Waals surface area (Å²) in [5.74, 6) is 0.760. The summed E-state index contributed by atoms with van der Waals surface area (Å²) in [6, 6.07) is 0.